The zero-order valence-corrected chi connectivity index (χ0v) is 41.2. The summed E-state index contributed by atoms with van der Waals surface area (Å²) in [7, 11) is 0. The third kappa shape index (κ3) is 61.1. The minimum absolute atomic E-state index is 0. The minimum Gasteiger partial charge on any atom is -0.872 e. The van der Waals surface area contributed by atoms with Gasteiger partial charge in [-0.1, -0.05) is 97.1 Å². The van der Waals surface area contributed by atoms with Crippen molar-refractivity contribution in [1.82, 2.24) is 0 Å². The molecule has 34 heteroatoms. The van der Waals surface area contributed by atoms with E-state index in [2.05, 4.69) is 20.0 Å². The summed E-state index contributed by atoms with van der Waals surface area (Å²) in [6.45, 7) is -8.96. The first-order valence-corrected chi connectivity index (χ1v) is 19.9. The van der Waals surface area contributed by atoms with Crippen molar-refractivity contribution in [2.75, 3.05) is 65.8 Å². The number of nitrogens with zero attached hydrogens (tertiary/aromatic N) is 4. The number of alkyl halides is 18. The second-order valence-electron chi connectivity index (χ2n) is 12.9. The van der Waals surface area contributed by atoms with Gasteiger partial charge in [-0.05, 0) is 35.5 Å². The van der Waals surface area contributed by atoms with E-state index in [0.29, 0.717) is 48.4 Å². The molecular formula is C44H44Co2F18N4O10. The van der Waals surface area contributed by atoms with Crippen molar-refractivity contribution in [2.45, 2.75) is 37.1 Å². The Bertz CT molecular complexity index is 1880. The molecule has 0 atom stereocenters. The van der Waals surface area contributed by atoms with Crippen LogP contribution >= 0.6 is 0 Å². The summed E-state index contributed by atoms with van der Waals surface area (Å²) in [4.78, 5) is 16.6. The quantitative estimate of drug-likeness (QED) is 0.0964. The second-order valence-corrected chi connectivity index (χ2v) is 12.9. The number of benzene rings is 4. The van der Waals surface area contributed by atoms with Crippen LogP contribution in [0.1, 0.15) is 22.3 Å². The summed E-state index contributed by atoms with van der Waals surface area (Å²) in [5, 5.41) is 92.4. The molecule has 0 saturated carbocycles. The van der Waals surface area contributed by atoms with Crippen LogP contribution in [0.15, 0.2) is 117 Å². The van der Waals surface area contributed by atoms with Crippen LogP contribution in [0, 0.1) is 0 Å². The van der Waals surface area contributed by atoms with E-state index in [4.69, 9.17) is 30.6 Å². The monoisotopic (exact) mass is 1250 g/mol. The second kappa shape index (κ2) is 45.2. The van der Waals surface area contributed by atoms with Crippen LogP contribution in [0.4, 0.5) is 79.0 Å². The third-order valence-electron chi connectivity index (χ3n) is 6.36. The summed E-state index contributed by atoms with van der Waals surface area (Å²) in [6.07, 6.45) is -20.4. The number of aliphatic hydroxyl groups is 4. The third-order valence-corrected chi connectivity index (χ3v) is 6.36. The summed E-state index contributed by atoms with van der Waals surface area (Å²) in [6, 6.07) is 26.9. The van der Waals surface area contributed by atoms with Crippen molar-refractivity contribution in [1.29, 1.82) is 0 Å². The van der Waals surface area contributed by atoms with Crippen LogP contribution in [0.2, 0.25) is 0 Å². The molecule has 78 heavy (non-hydrogen) atoms. The fourth-order valence-electron chi connectivity index (χ4n) is 3.23. The van der Waals surface area contributed by atoms with Crippen molar-refractivity contribution >= 4 is 24.9 Å². The van der Waals surface area contributed by atoms with Gasteiger partial charge in [-0.15, -0.1) is 23.0 Å². The largest absolute Gasteiger partial charge is 3.00 e. The summed E-state index contributed by atoms with van der Waals surface area (Å²) >= 11 is 0. The first kappa shape index (κ1) is 83.6. The van der Waals surface area contributed by atoms with E-state index in [1.54, 1.807) is 97.7 Å². The first-order valence-electron chi connectivity index (χ1n) is 19.9. The van der Waals surface area contributed by atoms with Crippen LogP contribution < -0.4 is 30.6 Å². The maximum absolute atomic E-state index is 11.4. The van der Waals surface area contributed by atoms with E-state index in [1.165, 1.54) is 24.3 Å². The number of rotatable bonds is 10. The van der Waals surface area contributed by atoms with E-state index in [-0.39, 0.29) is 56.6 Å². The van der Waals surface area contributed by atoms with Gasteiger partial charge in [-0.2, -0.15) is 79.0 Å². The predicted octanol–water partition coefficient (Wildman–Crippen LogP) is 4.72. The molecule has 14 nitrogen and oxygen atoms in total. The summed E-state index contributed by atoms with van der Waals surface area (Å²) < 4.78 is 189. The average Bonchev–Trinajstić information content (AvgIpc) is 3.33. The standard InChI is InChI=1S/2C16H16N2O2.4C2H3F3O.2C2H2F3O.2Co/c2*19-15-7-3-1-5-13(15)11-17-9-10-18-12-14-6-2-4-8-16(14)20;6*3-2(4,5)1-6;;/h2*1-8,11-12,19-20H,9-10H2;4*6H,1H2;2*1H2;;/q;;;;;;2*-1;2*+3/p-4. The molecule has 0 aliphatic carbocycles. The Kier molecular flexibility index (Phi) is 48.4. The molecule has 4 aromatic rings. The van der Waals surface area contributed by atoms with E-state index in [1.807, 2.05) is 0 Å². The van der Waals surface area contributed by atoms with Gasteiger partial charge in [0.1, 0.15) is 26.4 Å². The molecule has 0 aromatic heterocycles. The molecule has 0 spiro atoms. The van der Waals surface area contributed by atoms with Gasteiger partial charge in [0.05, 0.1) is 26.2 Å². The molecule has 0 unspecified atom stereocenters. The molecule has 444 valence electrons. The Morgan fingerprint density at radius 1 is 0.308 bits per heavy atom. The molecule has 0 bridgehead atoms. The van der Waals surface area contributed by atoms with Gasteiger partial charge in [-0.3, -0.25) is 20.0 Å². The normalized spacial score (nSPS) is 11.4. The molecule has 0 aliphatic rings. The molecule has 0 fully saturated rings. The molecular weight excluding hydrogens is 1200 g/mol. The Labute approximate surface area is 452 Å². The molecule has 4 rings (SSSR count). The zero-order valence-electron chi connectivity index (χ0n) is 39.1. The molecule has 0 heterocycles. The maximum Gasteiger partial charge on any atom is 3.00 e. The topological polar surface area (TPSA) is 269 Å². The Morgan fingerprint density at radius 3 is 0.538 bits per heavy atom. The van der Waals surface area contributed by atoms with Crippen molar-refractivity contribution in [2.24, 2.45) is 20.0 Å². The molecule has 4 N–H and O–H groups in total. The number of para-hydroxylation sites is 4. The van der Waals surface area contributed by atoms with Crippen molar-refractivity contribution < 1.29 is 164 Å². The van der Waals surface area contributed by atoms with Crippen molar-refractivity contribution in [3.05, 3.63) is 119 Å². The van der Waals surface area contributed by atoms with Gasteiger partial charge in [-0.25, -0.2) is 0 Å². The van der Waals surface area contributed by atoms with E-state index in [0.717, 1.165) is 0 Å². The number of halogens is 18. The fourth-order valence-corrected chi connectivity index (χ4v) is 3.23. The summed E-state index contributed by atoms with van der Waals surface area (Å²) in [5.41, 5.74) is 2.28. The van der Waals surface area contributed by atoms with Gasteiger partial charge in [0.2, 0.25) is 0 Å². The number of aliphatic hydroxyl groups excluding tert-OH is 4. The van der Waals surface area contributed by atoms with E-state index in [9.17, 15) is 99.5 Å². The first-order chi connectivity index (χ1) is 34.9. The van der Waals surface area contributed by atoms with Gasteiger partial charge >= 0.3 is 70.6 Å². The maximum atomic E-state index is 11.4. The van der Waals surface area contributed by atoms with Gasteiger partial charge < -0.3 is 51.1 Å². The van der Waals surface area contributed by atoms with Crippen molar-refractivity contribution in [3.8, 4) is 23.0 Å². The molecule has 0 amide bonds. The Balaban J connectivity index is -0.000000205. The molecule has 0 aliphatic heterocycles. The van der Waals surface area contributed by atoms with Crippen LogP contribution in [0.3, 0.4) is 0 Å². The van der Waals surface area contributed by atoms with E-state index < -0.39 is 76.7 Å². The smallest absolute Gasteiger partial charge is 0.872 e. The SMILES string of the molecule is OCC(F)(F)F.OCC(F)(F)F.OCC(F)(F)F.OCC(F)(F)F.[Co+3].[Co+3].[O-]CC(F)(F)F.[O-]CC(F)(F)F.[O-]c1ccccc1C=NCCN=Cc1ccccc1[O-].[O-]c1ccccc1C=NCCN=Cc1ccccc1[O-]. The zero-order chi connectivity index (χ0) is 59.7. The van der Waals surface area contributed by atoms with Crippen LogP contribution in [-0.2, 0) is 33.6 Å². The Hall–Kier alpha value is -5.73. The van der Waals surface area contributed by atoms with Crippen molar-refractivity contribution in [3.63, 3.8) is 0 Å². The van der Waals surface area contributed by atoms with Gasteiger partial charge in [0.25, 0.3) is 0 Å². The summed E-state index contributed by atoms with van der Waals surface area (Å²) in [5.74, 6) is -0.167. The van der Waals surface area contributed by atoms with Crippen LogP contribution in [-0.4, -0.2) is 148 Å². The Morgan fingerprint density at radius 2 is 0.436 bits per heavy atom. The number of hydrogen-bond acceptors (Lipinski definition) is 14. The molecule has 4 aromatic carbocycles. The van der Waals surface area contributed by atoms with Gasteiger partial charge in [0, 0.05) is 24.9 Å². The predicted molar refractivity (Wildman–Crippen MR) is 228 cm³/mol. The van der Waals surface area contributed by atoms with Crippen LogP contribution in [0.5, 0.6) is 23.0 Å². The number of hydrogen-bond donors (Lipinski definition) is 4. The van der Waals surface area contributed by atoms with Crippen LogP contribution in [0.25, 0.3) is 0 Å². The fraction of sp³-hybridized carbons (Fsp3) is 0.364. The van der Waals surface area contributed by atoms with E-state index >= 15 is 0 Å². The average molecular weight is 1250 g/mol. The number of aliphatic imine (C=N–C) groups is 4. The minimum atomic E-state index is -4.51. The van der Waals surface area contributed by atoms with Gasteiger partial charge in [0.15, 0.2) is 0 Å². The molecule has 0 radical (unpaired) electrons. The molecule has 0 saturated heterocycles.